The van der Waals surface area contributed by atoms with Crippen LogP contribution < -0.4 is 0 Å². The fourth-order valence-electron chi connectivity index (χ4n) is 0.779. The Morgan fingerprint density at radius 1 is 1.08 bits per heavy atom. The highest BCUT2D eigenvalue weighted by atomic mass is 16.5. The molecule has 0 N–H and O–H groups in total. The number of carbonyl (C=O) groups is 2. The Morgan fingerprint density at radius 2 is 1.50 bits per heavy atom. The summed E-state index contributed by atoms with van der Waals surface area (Å²) in [7, 11) is 0. The van der Waals surface area contributed by atoms with Gasteiger partial charge in [0.05, 0.1) is 13.2 Å². The van der Waals surface area contributed by atoms with Crippen LogP contribution in [0.2, 0.25) is 0 Å². The number of ether oxygens (including phenoxy) is 2. The van der Waals surface area contributed by atoms with Crippen LogP contribution in [0.25, 0.3) is 0 Å². The van der Waals surface area contributed by atoms with Gasteiger partial charge in [0.1, 0.15) is 0 Å². The molecule has 0 heterocycles. The highest BCUT2D eigenvalue weighted by molar-refractivity contribution is 5.37. The van der Waals surface area contributed by atoms with E-state index in [1.807, 2.05) is 6.92 Å². The zero-order valence-electron chi connectivity index (χ0n) is 7.19. The fraction of sp³-hybridized carbons (Fsp3) is 0.750. The lowest BCUT2D eigenvalue weighted by molar-refractivity contribution is -0.129. The highest BCUT2D eigenvalue weighted by Crippen LogP contribution is 2.06. The molecule has 0 saturated heterocycles. The van der Waals surface area contributed by atoms with Crippen molar-refractivity contribution in [2.24, 2.45) is 5.92 Å². The molecular weight excluding hydrogens is 160 g/mol. The normalized spacial score (nSPS) is 9.50. The average Bonchev–Trinajstić information content (AvgIpc) is 2.06. The van der Waals surface area contributed by atoms with Crippen LogP contribution in [0.5, 0.6) is 0 Å². The Kier molecular flexibility index (Phi) is 7.33. The van der Waals surface area contributed by atoms with E-state index in [1.165, 1.54) is 0 Å². The molecule has 0 spiro atoms. The first-order valence-electron chi connectivity index (χ1n) is 3.91. The lowest BCUT2D eigenvalue weighted by atomic mass is 10.1. The summed E-state index contributed by atoms with van der Waals surface area (Å²) in [5, 5.41) is 0. The van der Waals surface area contributed by atoms with Gasteiger partial charge in [0, 0.05) is 0 Å². The van der Waals surface area contributed by atoms with Crippen molar-refractivity contribution in [2.45, 2.75) is 19.8 Å². The van der Waals surface area contributed by atoms with Crippen molar-refractivity contribution >= 4 is 12.9 Å². The van der Waals surface area contributed by atoms with E-state index in [9.17, 15) is 9.59 Å². The summed E-state index contributed by atoms with van der Waals surface area (Å²) < 4.78 is 9.04. The molecule has 70 valence electrons. The van der Waals surface area contributed by atoms with Crippen LogP contribution in [-0.4, -0.2) is 26.2 Å². The monoisotopic (exact) mass is 174 g/mol. The second-order valence-electron chi connectivity index (χ2n) is 2.62. The molecular formula is C8H14O4. The van der Waals surface area contributed by atoms with Gasteiger partial charge in [-0.05, 0) is 18.8 Å². The molecule has 0 saturated carbocycles. The Labute approximate surface area is 71.8 Å². The van der Waals surface area contributed by atoms with E-state index in [-0.39, 0.29) is 0 Å². The first kappa shape index (κ1) is 10.9. The molecule has 0 rings (SSSR count). The maximum atomic E-state index is 9.75. The second-order valence-corrected chi connectivity index (χ2v) is 2.62. The Balaban J connectivity index is 3.14. The van der Waals surface area contributed by atoms with Gasteiger partial charge in [0.2, 0.25) is 0 Å². The van der Waals surface area contributed by atoms with Crippen LogP contribution in [0.1, 0.15) is 19.8 Å². The third kappa shape index (κ3) is 7.05. The van der Waals surface area contributed by atoms with Gasteiger partial charge in [-0.15, -0.1) is 0 Å². The van der Waals surface area contributed by atoms with Crippen molar-refractivity contribution < 1.29 is 19.1 Å². The topological polar surface area (TPSA) is 52.6 Å². The number of rotatable bonds is 8. The predicted octanol–water partition coefficient (Wildman–Crippen LogP) is 0.749. The minimum absolute atomic E-state index is 0.407. The molecule has 0 aromatic rings. The summed E-state index contributed by atoms with van der Waals surface area (Å²) in [4.78, 5) is 19.5. The molecule has 0 unspecified atom stereocenters. The van der Waals surface area contributed by atoms with E-state index in [1.54, 1.807) is 0 Å². The number of hydrogen-bond acceptors (Lipinski definition) is 4. The van der Waals surface area contributed by atoms with Crippen LogP contribution in [0.4, 0.5) is 0 Å². The Bertz CT molecular complexity index is 110. The van der Waals surface area contributed by atoms with Gasteiger partial charge >= 0.3 is 0 Å². The molecule has 0 fully saturated rings. The molecule has 0 amide bonds. The molecule has 4 nitrogen and oxygen atoms in total. The molecule has 0 aliphatic rings. The van der Waals surface area contributed by atoms with Crippen molar-refractivity contribution in [3.63, 3.8) is 0 Å². The van der Waals surface area contributed by atoms with Gasteiger partial charge in [-0.1, -0.05) is 6.92 Å². The molecule has 0 atom stereocenters. The second kappa shape index (κ2) is 8.04. The summed E-state index contributed by atoms with van der Waals surface area (Å²) >= 11 is 0. The molecule has 4 heteroatoms. The third-order valence-electron chi connectivity index (χ3n) is 1.59. The fourth-order valence-corrected chi connectivity index (χ4v) is 0.779. The molecule has 0 aliphatic heterocycles. The first-order chi connectivity index (χ1) is 5.81. The molecule has 0 aromatic carbocycles. The van der Waals surface area contributed by atoms with Crippen LogP contribution in [0.15, 0.2) is 0 Å². The van der Waals surface area contributed by atoms with Crippen molar-refractivity contribution in [2.75, 3.05) is 13.2 Å². The summed E-state index contributed by atoms with van der Waals surface area (Å²) in [6, 6.07) is 0. The van der Waals surface area contributed by atoms with E-state index in [4.69, 9.17) is 0 Å². The number of carbonyl (C=O) groups excluding carboxylic acids is 2. The number of hydrogen-bond donors (Lipinski definition) is 0. The Morgan fingerprint density at radius 3 is 1.83 bits per heavy atom. The van der Waals surface area contributed by atoms with E-state index in [2.05, 4.69) is 9.47 Å². The zero-order chi connectivity index (χ0) is 9.23. The van der Waals surface area contributed by atoms with Gasteiger partial charge in [0.15, 0.2) is 0 Å². The van der Waals surface area contributed by atoms with Crippen molar-refractivity contribution in [1.82, 2.24) is 0 Å². The van der Waals surface area contributed by atoms with Crippen LogP contribution >= 0.6 is 0 Å². The van der Waals surface area contributed by atoms with E-state index >= 15 is 0 Å². The van der Waals surface area contributed by atoms with Crippen LogP contribution in [0.3, 0.4) is 0 Å². The molecule has 0 aliphatic carbocycles. The van der Waals surface area contributed by atoms with Crippen LogP contribution in [0, 0.1) is 5.92 Å². The summed E-state index contributed by atoms with van der Waals surface area (Å²) in [5.74, 6) is 0.407. The predicted molar refractivity (Wildman–Crippen MR) is 42.4 cm³/mol. The molecule has 0 aromatic heterocycles. The third-order valence-corrected chi connectivity index (χ3v) is 1.59. The van der Waals surface area contributed by atoms with E-state index in [0.29, 0.717) is 32.1 Å². The van der Waals surface area contributed by atoms with Gasteiger partial charge in [-0.2, -0.15) is 0 Å². The maximum Gasteiger partial charge on any atom is 0.293 e. The van der Waals surface area contributed by atoms with Crippen LogP contribution in [-0.2, 0) is 19.1 Å². The van der Waals surface area contributed by atoms with E-state index < -0.39 is 0 Å². The van der Waals surface area contributed by atoms with Gasteiger partial charge in [-0.3, -0.25) is 9.59 Å². The van der Waals surface area contributed by atoms with Gasteiger partial charge < -0.3 is 9.47 Å². The quantitative estimate of drug-likeness (QED) is 0.402. The average molecular weight is 174 g/mol. The van der Waals surface area contributed by atoms with Crippen molar-refractivity contribution in [3.8, 4) is 0 Å². The maximum absolute atomic E-state index is 9.75. The largest absolute Gasteiger partial charge is 0.468 e. The first-order valence-corrected chi connectivity index (χ1v) is 3.91. The summed E-state index contributed by atoms with van der Waals surface area (Å²) in [6.45, 7) is 3.77. The lowest BCUT2D eigenvalue weighted by Gasteiger charge is -2.08. The molecule has 0 bridgehead atoms. The highest BCUT2D eigenvalue weighted by Gasteiger charge is 2.01. The minimum atomic E-state index is 0.407. The molecule has 12 heavy (non-hydrogen) atoms. The zero-order valence-corrected chi connectivity index (χ0v) is 7.19. The standard InChI is InChI=1S/C8H14O4/c1-8(2-4-11-6-9)3-5-12-7-10/h6-8H,2-5H2,1H3. The lowest BCUT2D eigenvalue weighted by Crippen LogP contribution is -2.04. The summed E-state index contributed by atoms with van der Waals surface area (Å²) in [5.41, 5.74) is 0. The van der Waals surface area contributed by atoms with Crippen molar-refractivity contribution in [3.05, 3.63) is 0 Å². The Hall–Kier alpha value is -1.06. The van der Waals surface area contributed by atoms with Gasteiger partial charge in [0.25, 0.3) is 12.9 Å². The molecule has 0 radical (unpaired) electrons. The SMILES string of the molecule is CC(CCOC=O)CCOC=O. The minimum Gasteiger partial charge on any atom is -0.468 e. The van der Waals surface area contributed by atoms with Crippen molar-refractivity contribution in [1.29, 1.82) is 0 Å². The van der Waals surface area contributed by atoms with E-state index in [0.717, 1.165) is 12.8 Å². The smallest absolute Gasteiger partial charge is 0.293 e. The van der Waals surface area contributed by atoms with Gasteiger partial charge in [-0.25, -0.2) is 0 Å². The summed E-state index contributed by atoms with van der Waals surface area (Å²) in [6.07, 6.45) is 1.61.